The summed E-state index contributed by atoms with van der Waals surface area (Å²) in [7, 11) is 0. The van der Waals surface area contributed by atoms with Crippen molar-refractivity contribution >= 4 is 11.3 Å². The van der Waals surface area contributed by atoms with Crippen molar-refractivity contribution in [3.05, 3.63) is 59.1 Å². The van der Waals surface area contributed by atoms with Crippen molar-refractivity contribution in [2.45, 2.75) is 19.0 Å². The fourth-order valence-corrected chi connectivity index (χ4v) is 4.05. The Bertz CT molecular complexity index is 922. The molecule has 3 heterocycles. The molecule has 1 aliphatic rings. The monoisotopic (exact) mass is 364 g/mol. The minimum atomic E-state index is -0.122. The lowest BCUT2D eigenvalue weighted by molar-refractivity contribution is 0.310. The molecular formula is C20H20N4OS. The Labute approximate surface area is 156 Å². The smallest absolute Gasteiger partial charge is 0.123 e. The molecule has 0 spiro atoms. The molecule has 6 heteroatoms. The van der Waals surface area contributed by atoms with Gasteiger partial charge in [-0.3, -0.25) is 4.90 Å². The number of aliphatic hydroxyl groups excluding tert-OH is 1. The van der Waals surface area contributed by atoms with Gasteiger partial charge in [-0.15, -0.1) is 16.4 Å². The van der Waals surface area contributed by atoms with E-state index in [-0.39, 0.29) is 6.61 Å². The quantitative estimate of drug-likeness (QED) is 0.724. The number of hydrogen-bond acceptors (Lipinski definition) is 5. The topological polar surface area (TPSA) is 54.2 Å². The summed E-state index contributed by atoms with van der Waals surface area (Å²) in [6, 6.07) is 13.0. The summed E-state index contributed by atoms with van der Waals surface area (Å²) >= 11 is 1.60. The number of likely N-dealkylation sites (tertiary alicyclic amines) is 1. The van der Waals surface area contributed by atoms with Crippen molar-refractivity contribution in [3.63, 3.8) is 0 Å². The first-order valence-corrected chi connectivity index (χ1v) is 9.56. The molecule has 0 unspecified atom stereocenters. The van der Waals surface area contributed by atoms with E-state index in [9.17, 15) is 0 Å². The molecule has 1 aromatic carbocycles. The Kier molecular flexibility index (Phi) is 5.12. The summed E-state index contributed by atoms with van der Waals surface area (Å²) < 4.78 is 2.00. The van der Waals surface area contributed by atoms with Crippen LogP contribution in [0.3, 0.4) is 0 Å². The minimum absolute atomic E-state index is 0.122. The number of hydrogen-bond donors (Lipinski definition) is 1. The molecule has 1 atom stereocenters. The fraction of sp³-hybridized carbons (Fsp3) is 0.300. The minimum Gasteiger partial charge on any atom is -0.384 e. The van der Waals surface area contributed by atoms with Crippen LogP contribution in [0, 0.1) is 11.8 Å². The van der Waals surface area contributed by atoms with E-state index in [0.29, 0.717) is 6.04 Å². The van der Waals surface area contributed by atoms with Gasteiger partial charge in [-0.2, -0.15) is 0 Å². The maximum Gasteiger partial charge on any atom is 0.123 e. The van der Waals surface area contributed by atoms with Crippen LogP contribution in [0.2, 0.25) is 0 Å². The molecular weight excluding hydrogens is 344 g/mol. The SMILES string of the molecule is OCC#Cc1csc(-c2cn([C@@H]3CCN(Cc4ccccc4)C3)nn2)c1. The summed E-state index contributed by atoms with van der Waals surface area (Å²) in [4.78, 5) is 3.52. The highest BCUT2D eigenvalue weighted by Crippen LogP contribution is 2.28. The van der Waals surface area contributed by atoms with Gasteiger partial charge < -0.3 is 5.11 Å². The first kappa shape index (κ1) is 17.0. The predicted molar refractivity (Wildman–Crippen MR) is 103 cm³/mol. The molecule has 26 heavy (non-hydrogen) atoms. The van der Waals surface area contributed by atoms with Crippen molar-refractivity contribution in [1.82, 2.24) is 19.9 Å². The average Bonchev–Trinajstić information content (AvgIpc) is 3.40. The normalized spacial score (nSPS) is 17.2. The van der Waals surface area contributed by atoms with Crippen LogP contribution in [0.5, 0.6) is 0 Å². The lowest BCUT2D eigenvalue weighted by Crippen LogP contribution is -2.21. The molecule has 0 radical (unpaired) electrons. The first-order valence-electron chi connectivity index (χ1n) is 8.68. The lowest BCUT2D eigenvalue weighted by atomic mass is 10.2. The molecule has 3 aromatic rings. The molecule has 0 aliphatic carbocycles. The molecule has 0 bridgehead atoms. The molecule has 2 aromatic heterocycles. The third-order valence-corrected chi connectivity index (χ3v) is 5.50. The molecule has 132 valence electrons. The van der Waals surface area contributed by atoms with Gasteiger partial charge in [0.1, 0.15) is 12.3 Å². The van der Waals surface area contributed by atoms with Gasteiger partial charge in [0.25, 0.3) is 0 Å². The van der Waals surface area contributed by atoms with Gasteiger partial charge in [0.05, 0.1) is 17.1 Å². The van der Waals surface area contributed by atoms with Gasteiger partial charge in [0.15, 0.2) is 0 Å². The molecule has 0 saturated carbocycles. The van der Waals surface area contributed by atoms with Gasteiger partial charge in [-0.25, -0.2) is 4.68 Å². The second-order valence-corrected chi connectivity index (χ2v) is 7.32. The fourth-order valence-electron chi connectivity index (χ4n) is 3.26. The van der Waals surface area contributed by atoms with Gasteiger partial charge in [0.2, 0.25) is 0 Å². The van der Waals surface area contributed by atoms with Crippen molar-refractivity contribution in [1.29, 1.82) is 0 Å². The Morgan fingerprint density at radius 2 is 2.15 bits per heavy atom. The Morgan fingerprint density at radius 3 is 3.00 bits per heavy atom. The maximum absolute atomic E-state index is 8.79. The van der Waals surface area contributed by atoms with Gasteiger partial charge in [0, 0.05) is 30.6 Å². The Hall–Kier alpha value is -2.46. The van der Waals surface area contributed by atoms with Gasteiger partial charge in [-0.1, -0.05) is 47.4 Å². The van der Waals surface area contributed by atoms with Crippen molar-refractivity contribution < 1.29 is 5.11 Å². The zero-order chi connectivity index (χ0) is 17.8. The Morgan fingerprint density at radius 1 is 1.27 bits per heavy atom. The molecule has 1 N–H and O–H groups in total. The van der Waals surface area contributed by atoms with Crippen molar-refractivity contribution in [2.24, 2.45) is 0 Å². The van der Waals surface area contributed by atoms with E-state index in [0.717, 1.165) is 42.2 Å². The zero-order valence-corrected chi connectivity index (χ0v) is 15.2. The molecule has 4 rings (SSSR count). The van der Waals surface area contributed by atoms with E-state index >= 15 is 0 Å². The third-order valence-electron chi connectivity index (χ3n) is 4.54. The summed E-state index contributed by atoms with van der Waals surface area (Å²) in [5.41, 5.74) is 3.14. The van der Waals surface area contributed by atoms with Crippen LogP contribution in [-0.2, 0) is 6.54 Å². The standard InChI is InChI=1S/C20H20N4OS/c25-10-4-7-17-11-20(26-15-17)19-14-24(22-21-19)18-8-9-23(13-18)12-16-5-2-1-3-6-16/h1-3,5-6,11,14-15,18,25H,8-10,12-13H2/t18-/m1/s1. The second kappa shape index (κ2) is 7.83. The summed E-state index contributed by atoms with van der Waals surface area (Å²) in [6.45, 7) is 2.93. The van der Waals surface area contributed by atoms with Gasteiger partial charge in [-0.05, 0) is 18.1 Å². The van der Waals surface area contributed by atoms with Crippen LogP contribution in [0.4, 0.5) is 0 Å². The molecule has 1 saturated heterocycles. The van der Waals surface area contributed by atoms with Crippen LogP contribution in [-0.4, -0.2) is 44.7 Å². The summed E-state index contributed by atoms with van der Waals surface area (Å²) in [5.74, 6) is 5.59. The van der Waals surface area contributed by atoms with Crippen LogP contribution >= 0.6 is 11.3 Å². The van der Waals surface area contributed by atoms with Crippen LogP contribution in [0.1, 0.15) is 23.6 Å². The van der Waals surface area contributed by atoms with Crippen molar-refractivity contribution in [3.8, 4) is 22.4 Å². The predicted octanol–water partition coefficient (Wildman–Crippen LogP) is 2.80. The number of aliphatic hydroxyl groups is 1. The molecule has 5 nitrogen and oxygen atoms in total. The number of aromatic nitrogens is 3. The summed E-state index contributed by atoms with van der Waals surface area (Å²) in [5, 5.41) is 19.5. The molecule has 0 amide bonds. The second-order valence-electron chi connectivity index (χ2n) is 6.41. The van der Waals surface area contributed by atoms with Crippen LogP contribution < -0.4 is 0 Å². The highest BCUT2D eigenvalue weighted by atomic mass is 32.1. The highest BCUT2D eigenvalue weighted by Gasteiger charge is 2.25. The number of rotatable bonds is 4. The number of benzene rings is 1. The van der Waals surface area contributed by atoms with E-state index in [4.69, 9.17) is 5.11 Å². The average molecular weight is 364 g/mol. The lowest BCUT2D eigenvalue weighted by Gasteiger charge is -2.15. The number of nitrogens with zero attached hydrogens (tertiary/aromatic N) is 4. The zero-order valence-electron chi connectivity index (χ0n) is 14.4. The Balaban J connectivity index is 1.41. The molecule has 1 fully saturated rings. The molecule has 1 aliphatic heterocycles. The third kappa shape index (κ3) is 3.86. The largest absolute Gasteiger partial charge is 0.384 e. The van der Waals surface area contributed by atoms with E-state index < -0.39 is 0 Å². The highest BCUT2D eigenvalue weighted by molar-refractivity contribution is 7.13. The maximum atomic E-state index is 8.79. The first-order chi connectivity index (χ1) is 12.8. The summed E-state index contributed by atoms with van der Waals surface area (Å²) in [6.07, 6.45) is 3.12. The number of thiophene rings is 1. The van der Waals surface area contributed by atoms with E-state index in [2.05, 4.69) is 57.4 Å². The van der Waals surface area contributed by atoms with Gasteiger partial charge >= 0.3 is 0 Å². The van der Waals surface area contributed by atoms with Crippen molar-refractivity contribution in [2.75, 3.05) is 19.7 Å². The van der Waals surface area contributed by atoms with E-state index in [1.807, 2.05) is 22.3 Å². The van der Waals surface area contributed by atoms with Crippen LogP contribution in [0.25, 0.3) is 10.6 Å². The van der Waals surface area contributed by atoms with E-state index in [1.165, 1.54) is 5.56 Å². The van der Waals surface area contributed by atoms with Crippen LogP contribution in [0.15, 0.2) is 48.0 Å². The van der Waals surface area contributed by atoms with E-state index in [1.54, 1.807) is 11.3 Å².